The average molecular weight is 508 g/mol. The summed E-state index contributed by atoms with van der Waals surface area (Å²) in [6.07, 6.45) is 9.28. The molecule has 0 radical (unpaired) electrons. The molecule has 5 rings (SSSR count). The summed E-state index contributed by atoms with van der Waals surface area (Å²) in [5, 5.41) is 8.41. The van der Waals surface area contributed by atoms with Crippen LogP contribution in [-0.4, -0.2) is 40.5 Å². The standard InChI is InChI=1S/C23H26ClN5O2S.ClH/c1-29-15-19(14-27-29)32(30,31)12-8-20-26-13-16-7-11-25-22(21(16)28-20)23(9-2-10-23)17-3-5-18(24)6-4-17;/h3-6,13-15,22,25H,2,7-12H2,1H3;1H. The van der Waals surface area contributed by atoms with Gasteiger partial charge >= 0.3 is 0 Å². The van der Waals surface area contributed by atoms with E-state index in [4.69, 9.17) is 16.6 Å². The Morgan fingerprint density at radius 2 is 1.97 bits per heavy atom. The van der Waals surface area contributed by atoms with Gasteiger partial charge in [-0.3, -0.25) is 4.68 Å². The van der Waals surface area contributed by atoms with Gasteiger partial charge in [0.15, 0.2) is 9.84 Å². The summed E-state index contributed by atoms with van der Waals surface area (Å²) in [5.74, 6) is 0.522. The Hall–Kier alpha value is -2.00. The molecule has 1 aliphatic carbocycles. The smallest absolute Gasteiger partial charge is 0.181 e. The normalized spacial score (nSPS) is 19.3. The number of aromatic nitrogens is 4. The molecule has 176 valence electrons. The molecular weight excluding hydrogens is 481 g/mol. The number of rotatable bonds is 6. The van der Waals surface area contributed by atoms with Crippen LogP contribution in [-0.2, 0) is 35.1 Å². The minimum atomic E-state index is -3.43. The molecule has 1 fully saturated rings. The number of aryl methyl sites for hydroxylation is 2. The predicted octanol–water partition coefficient (Wildman–Crippen LogP) is 3.61. The van der Waals surface area contributed by atoms with E-state index in [-0.39, 0.29) is 40.9 Å². The summed E-state index contributed by atoms with van der Waals surface area (Å²) in [5.41, 5.74) is 3.41. The fourth-order valence-corrected chi connectivity index (χ4v) is 6.25. The van der Waals surface area contributed by atoms with Crippen molar-refractivity contribution in [3.05, 3.63) is 70.5 Å². The zero-order valence-electron chi connectivity index (χ0n) is 18.4. The molecule has 10 heteroatoms. The van der Waals surface area contributed by atoms with E-state index in [1.54, 1.807) is 7.05 Å². The number of hydrogen-bond acceptors (Lipinski definition) is 6. The van der Waals surface area contributed by atoms with E-state index in [1.165, 1.54) is 29.1 Å². The van der Waals surface area contributed by atoms with E-state index < -0.39 is 9.84 Å². The van der Waals surface area contributed by atoms with Gasteiger partial charge in [-0.1, -0.05) is 30.2 Å². The molecule has 0 amide bonds. The Balaban J connectivity index is 0.00000259. The number of nitrogens with zero attached hydrogens (tertiary/aromatic N) is 4. The Bertz CT molecular complexity index is 1240. The van der Waals surface area contributed by atoms with Crippen LogP contribution in [0.2, 0.25) is 5.02 Å². The maximum absolute atomic E-state index is 12.7. The van der Waals surface area contributed by atoms with Crippen molar-refractivity contribution in [3.8, 4) is 0 Å². The first-order valence-corrected chi connectivity index (χ1v) is 13.0. The van der Waals surface area contributed by atoms with Gasteiger partial charge in [-0.15, -0.1) is 12.4 Å². The first-order chi connectivity index (χ1) is 15.4. The molecule has 1 aliphatic heterocycles. The zero-order chi connectivity index (χ0) is 22.3. The van der Waals surface area contributed by atoms with Crippen LogP contribution in [0.25, 0.3) is 0 Å². The van der Waals surface area contributed by atoms with E-state index in [0.717, 1.165) is 42.1 Å². The van der Waals surface area contributed by atoms with E-state index in [0.29, 0.717) is 5.82 Å². The summed E-state index contributed by atoms with van der Waals surface area (Å²) < 4.78 is 26.8. The second-order valence-electron chi connectivity index (χ2n) is 8.77. The SMILES string of the molecule is Cl.Cn1cc(S(=O)(=O)CCc2ncc3c(n2)C(C2(c4ccc(Cl)cc4)CCC2)NCC3)cn1. The van der Waals surface area contributed by atoms with Gasteiger partial charge < -0.3 is 5.32 Å². The molecule has 33 heavy (non-hydrogen) atoms. The molecule has 1 atom stereocenters. The van der Waals surface area contributed by atoms with Gasteiger partial charge in [-0.25, -0.2) is 18.4 Å². The molecule has 3 aromatic rings. The summed E-state index contributed by atoms with van der Waals surface area (Å²) in [4.78, 5) is 9.63. The first kappa shape index (κ1) is 24.1. The molecule has 1 unspecified atom stereocenters. The van der Waals surface area contributed by atoms with Crippen molar-refractivity contribution < 1.29 is 8.42 Å². The lowest BCUT2D eigenvalue weighted by molar-refractivity contribution is 0.161. The van der Waals surface area contributed by atoms with Crippen molar-refractivity contribution in [2.24, 2.45) is 7.05 Å². The molecule has 1 saturated carbocycles. The molecule has 2 aliphatic rings. The third kappa shape index (κ3) is 4.54. The highest BCUT2D eigenvalue weighted by Crippen LogP contribution is 2.53. The molecule has 1 aromatic carbocycles. The maximum atomic E-state index is 12.7. The van der Waals surface area contributed by atoms with Crippen molar-refractivity contribution in [2.45, 2.75) is 48.5 Å². The Labute approximate surface area is 205 Å². The summed E-state index contributed by atoms with van der Waals surface area (Å²) in [7, 11) is -1.73. The number of fused-ring (bicyclic) bond motifs is 1. The number of benzene rings is 1. The third-order valence-corrected chi connectivity index (χ3v) is 8.74. The van der Waals surface area contributed by atoms with Crippen molar-refractivity contribution in [2.75, 3.05) is 12.3 Å². The Morgan fingerprint density at radius 1 is 1.21 bits per heavy atom. The van der Waals surface area contributed by atoms with E-state index >= 15 is 0 Å². The van der Waals surface area contributed by atoms with E-state index in [9.17, 15) is 8.42 Å². The molecule has 0 bridgehead atoms. The molecule has 1 N–H and O–H groups in total. The van der Waals surface area contributed by atoms with Crippen LogP contribution in [0.4, 0.5) is 0 Å². The largest absolute Gasteiger partial charge is 0.308 e. The van der Waals surface area contributed by atoms with Gasteiger partial charge in [0.2, 0.25) is 0 Å². The van der Waals surface area contributed by atoms with Crippen LogP contribution in [0.15, 0.2) is 47.8 Å². The highest BCUT2D eigenvalue weighted by molar-refractivity contribution is 7.91. The monoisotopic (exact) mass is 507 g/mol. The van der Waals surface area contributed by atoms with Gasteiger partial charge in [0.25, 0.3) is 0 Å². The molecule has 7 nitrogen and oxygen atoms in total. The van der Waals surface area contributed by atoms with Crippen LogP contribution in [0.5, 0.6) is 0 Å². The lowest BCUT2D eigenvalue weighted by atomic mass is 9.58. The van der Waals surface area contributed by atoms with Crippen LogP contribution >= 0.6 is 24.0 Å². The minimum absolute atomic E-state index is 0. The fourth-order valence-electron chi connectivity index (χ4n) is 4.91. The van der Waals surface area contributed by atoms with Crippen molar-refractivity contribution >= 4 is 33.8 Å². The fraction of sp³-hybridized carbons (Fsp3) is 0.435. The molecule has 2 aromatic heterocycles. The van der Waals surface area contributed by atoms with Crippen molar-refractivity contribution in [3.63, 3.8) is 0 Å². The van der Waals surface area contributed by atoms with Gasteiger partial charge in [0.05, 0.1) is 23.7 Å². The number of sulfone groups is 1. The molecular formula is C23H27Cl2N5O2S. The number of halogens is 2. The van der Waals surface area contributed by atoms with Crippen LogP contribution in [0, 0.1) is 0 Å². The summed E-state index contributed by atoms with van der Waals surface area (Å²) >= 11 is 6.14. The lowest BCUT2D eigenvalue weighted by Gasteiger charge is -2.50. The van der Waals surface area contributed by atoms with Crippen LogP contribution in [0.3, 0.4) is 0 Å². The molecule has 3 heterocycles. The van der Waals surface area contributed by atoms with Gasteiger partial charge in [0, 0.05) is 36.3 Å². The number of nitrogens with one attached hydrogen (secondary N) is 1. The van der Waals surface area contributed by atoms with Crippen molar-refractivity contribution in [1.82, 2.24) is 25.1 Å². The summed E-state index contributed by atoms with van der Waals surface area (Å²) in [6, 6.07) is 8.24. The zero-order valence-corrected chi connectivity index (χ0v) is 20.8. The predicted molar refractivity (Wildman–Crippen MR) is 130 cm³/mol. The van der Waals surface area contributed by atoms with Crippen LogP contribution < -0.4 is 5.32 Å². The second-order valence-corrected chi connectivity index (χ2v) is 11.3. The lowest BCUT2D eigenvalue weighted by Crippen LogP contribution is -2.49. The topological polar surface area (TPSA) is 89.8 Å². The van der Waals surface area contributed by atoms with Gasteiger partial charge in [-0.2, -0.15) is 5.10 Å². The number of hydrogen-bond donors (Lipinski definition) is 1. The first-order valence-electron chi connectivity index (χ1n) is 10.9. The van der Waals surface area contributed by atoms with Crippen molar-refractivity contribution in [1.29, 1.82) is 0 Å². The van der Waals surface area contributed by atoms with E-state index in [2.05, 4.69) is 27.5 Å². The average Bonchev–Trinajstić information content (AvgIpc) is 3.20. The van der Waals surface area contributed by atoms with Crippen LogP contribution in [0.1, 0.15) is 47.9 Å². The highest BCUT2D eigenvalue weighted by atomic mass is 35.5. The quantitative estimate of drug-likeness (QED) is 0.547. The minimum Gasteiger partial charge on any atom is -0.308 e. The Morgan fingerprint density at radius 3 is 2.61 bits per heavy atom. The third-order valence-electron chi connectivity index (χ3n) is 6.82. The maximum Gasteiger partial charge on any atom is 0.181 e. The van der Waals surface area contributed by atoms with Gasteiger partial charge in [0.1, 0.15) is 10.7 Å². The highest BCUT2D eigenvalue weighted by Gasteiger charge is 2.48. The summed E-state index contributed by atoms with van der Waals surface area (Å²) in [6.45, 7) is 0.880. The second kappa shape index (κ2) is 9.33. The molecule has 0 saturated heterocycles. The van der Waals surface area contributed by atoms with E-state index in [1.807, 2.05) is 18.3 Å². The molecule has 0 spiro atoms. The van der Waals surface area contributed by atoms with Gasteiger partial charge in [-0.05, 0) is 49.1 Å². The Kier molecular flexibility index (Phi) is 6.82.